The fourth-order valence-corrected chi connectivity index (χ4v) is 4.84. The second-order valence-electron chi connectivity index (χ2n) is 7.22. The average Bonchev–Trinajstić information content (AvgIpc) is 3.24. The van der Waals surface area contributed by atoms with E-state index in [1.54, 1.807) is 18.2 Å². The van der Waals surface area contributed by atoms with Crippen LogP contribution < -0.4 is 4.90 Å². The number of hydrogen-bond donors (Lipinski definition) is 0. The first kappa shape index (κ1) is 18.3. The lowest BCUT2D eigenvalue weighted by molar-refractivity contribution is -0.120. The summed E-state index contributed by atoms with van der Waals surface area (Å²) in [5, 5.41) is 2.48. The molecule has 1 fully saturated rings. The number of thiophene rings is 1. The van der Waals surface area contributed by atoms with Crippen LogP contribution in [0, 0.1) is 12.8 Å². The predicted molar refractivity (Wildman–Crippen MR) is 110 cm³/mol. The number of likely N-dealkylation sites (tertiary alicyclic amines) is 1. The molecule has 2 aliphatic rings. The van der Waals surface area contributed by atoms with Crippen LogP contribution in [0.3, 0.4) is 0 Å². The normalized spacial score (nSPS) is 20.8. The summed E-state index contributed by atoms with van der Waals surface area (Å²) in [5.74, 6) is -0.00963. The predicted octanol–water partition coefficient (Wildman–Crippen LogP) is 4.73. The molecule has 0 spiro atoms. The van der Waals surface area contributed by atoms with Gasteiger partial charge in [0.15, 0.2) is 0 Å². The molecule has 0 radical (unpaired) electrons. The lowest BCUT2D eigenvalue weighted by atomic mass is 9.99. The number of amides is 2. The zero-order chi connectivity index (χ0) is 19.1. The van der Waals surface area contributed by atoms with E-state index in [0.717, 1.165) is 36.4 Å². The maximum atomic E-state index is 13.5. The number of imide groups is 1. The number of benzene rings is 1. The SMILES string of the molecule is Cc1c(Cl)cccc1N1C(=O)C(c2cccs2)=C(N2CCCC(C)C2)C1=O. The quantitative estimate of drug-likeness (QED) is 0.699. The Morgan fingerprint density at radius 2 is 1.96 bits per heavy atom. The topological polar surface area (TPSA) is 40.6 Å². The van der Waals surface area contributed by atoms with E-state index < -0.39 is 0 Å². The Morgan fingerprint density at radius 3 is 2.67 bits per heavy atom. The van der Waals surface area contributed by atoms with Crippen LogP contribution in [0.25, 0.3) is 5.57 Å². The summed E-state index contributed by atoms with van der Waals surface area (Å²) in [6.45, 7) is 5.63. The largest absolute Gasteiger partial charge is 0.366 e. The smallest absolute Gasteiger partial charge is 0.282 e. The van der Waals surface area contributed by atoms with Crippen molar-refractivity contribution in [1.29, 1.82) is 0 Å². The van der Waals surface area contributed by atoms with E-state index in [1.165, 1.54) is 16.2 Å². The Morgan fingerprint density at radius 1 is 1.15 bits per heavy atom. The molecule has 1 atom stereocenters. The van der Waals surface area contributed by atoms with E-state index in [-0.39, 0.29) is 11.8 Å². The fourth-order valence-electron chi connectivity index (χ4n) is 3.90. The maximum Gasteiger partial charge on any atom is 0.282 e. The lowest BCUT2D eigenvalue weighted by Crippen LogP contribution is -2.39. The van der Waals surface area contributed by atoms with Crippen LogP contribution in [0.5, 0.6) is 0 Å². The van der Waals surface area contributed by atoms with Crippen molar-refractivity contribution < 1.29 is 9.59 Å². The number of piperidine rings is 1. The summed E-state index contributed by atoms with van der Waals surface area (Å²) in [5.41, 5.74) is 2.35. The van der Waals surface area contributed by atoms with Crippen LogP contribution >= 0.6 is 22.9 Å². The average molecular weight is 401 g/mol. The molecular formula is C21H21ClN2O2S. The van der Waals surface area contributed by atoms with Crippen molar-refractivity contribution >= 4 is 46.0 Å². The van der Waals surface area contributed by atoms with Crippen molar-refractivity contribution in [3.8, 4) is 0 Å². The summed E-state index contributed by atoms with van der Waals surface area (Å²) >= 11 is 7.75. The number of anilines is 1. The Bertz CT molecular complexity index is 936. The molecule has 2 aromatic rings. The Labute approximate surface area is 168 Å². The summed E-state index contributed by atoms with van der Waals surface area (Å²) in [6.07, 6.45) is 2.18. The standard InChI is InChI=1S/C21H21ClN2O2S/c1-13-6-4-10-23(12-13)19-18(17-9-5-11-27-17)20(25)24(21(19)26)16-8-3-7-15(22)14(16)2/h3,5,7-9,11,13H,4,6,10,12H2,1-2H3. The van der Waals surface area contributed by atoms with E-state index in [9.17, 15) is 9.59 Å². The second-order valence-corrected chi connectivity index (χ2v) is 8.58. The van der Waals surface area contributed by atoms with Gasteiger partial charge in [-0.15, -0.1) is 11.3 Å². The molecule has 2 amide bonds. The molecule has 27 heavy (non-hydrogen) atoms. The number of carbonyl (C=O) groups excluding carboxylic acids is 2. The van der Waals surface area contributed by atoms with Crippen LogP contribution in [0.15, 0.2) is 41.4 Å². The van der Waals surface area contributed by atoms with Gasteiger partial charge in [-0.05, 0) is 54.8 Å². The van der Waals surface area contributed by atoms with Gasteiger partial charge in [0, 0.05) is 23.0 Å². The van der Waals surface area contributed by atoms with Crippen molar-refractivity contribution in [2.75, 3.05) is 18.0 Å². The monoisotopic (exact) mass is 400 g/mol. The first-order valence-corrected chi connectivity index (χ1v) is 10.4. The molecule has 0 aliphatic carbocycles. The first-order valence-electron chi connectivity index (χ1n) is 9.16. The molecule has 0 saturated carbocycles. The van der Waals surface area contributed by atoms with Gasteiger partial charge in [0.1, 0.15) is 5.70 Å². The molecule has 4 rings (SSSR count). The van der Waals surface area contributed by atoms with Gasteiger partial charge in [-0.2, -0.15) is 0 Å². The lowest BCUT2D eigenvalue weighted by Gasteiger charge is -2.33. The van der Waals surface area contributed by atoms with E-state index in [1.807, 2.05) is 24.4 Å². The molecule has 4 nitrogen and oxygen atoms in total. The van der Waals surface area contributed by atoms with Gasteiger partial charge in [0.05, 0.1) is 11.3 Å². The first-order chi connectivity index (χ1) is 13.0. The van der Waals surface area contributed by atoms with Gasteiger partial charge >= 0.3 is 0 Å². The van der Waals surface area contributed by atoms with Crippen molar-refractivity contribution in [1.82, 2.24) is 4.90 Å². The van der Waals surface area contributed by atoms with E-state index in [0.29, 0.717) is 27.9 Å². The number of carbonyl (C=O) groups is 2. The van der Waals surface area contributed by atoms with Gasteiger partial charge in [-0.25, -0.2) is 4.90 Å². The molecule has 1 aromatic heterocycles. The van der Waals surface area contributed by atoms with Crippen molar-refractivity contribution in [2.45, 2.75) is 26.7 Å². The zero-order valence-corrected chi connectivity index (χ0v) is 16.9. The fraction of sp³-hybridized carbons (Fsp3) is 0.333. The summed E-state index contributed by atoms with van der Waals surface area (Å²) in [4.78, 5) is 31.1. The Hall–Kier alpha value is -2.11. The number of hydrogen-bond acceptors (Lipinski definition) is 4. The van der Waals surface area contributed by atoms with Crippen LogP contribution in [0.4, 0.5) is 5.69 Å². The van der Waals surface area contributed by atoms with Crippen molar-refractivity contribution in [2.24, 2.45) is 5.92 Å². The minimum Gasteiger partial charge on any atom is -0.366 e. The van der Waals surface area contributed by atoms with E-state index in [4.69, 9.17) is 11.6 Å². The second kappa shape index (κ2) is 7.13. The highest BCUT2D eigenvalue weighted by Crippen LogP contribution is 2.39. The van der Waals surface area contributed by atoms with Crippen LogP contribution in [0.2, 0.25) is 5.02 Å². The molecule has 6 heteroatoms. The summed E-state index contributed by atoms with van der Waals surface area (Å²) in [7, 11) is 0. The summed E-state index contributed by atoms with van der Waals surface area (Å²) < 4.78 is 0. The van der Waals surface area contributed by atoms with E-state index >= 15 is 0 Å². The molecule has 0 bridgehead atoms. The van der Waals surface area contributed by atoms with Crippen molar-refractivity contribution in [3.05, 3.63) is 56.9 Å². The third kappa shape index (κ3) is 3.09. The Balaban J connectivity index is 1.83. The highest BCUT2D eigenvalue weighted by atomic mass is 35.5. The summed E-state index contributed by atoms with van der Waals surface area (Å²) in [6, 6.07) is 9.15. The molecule has 1 aromatic carbocycles. The number of halogens is 1. The zero-order valence-electron chi connectivity index (χ0n) is 15.4. The van der Waals surface area contributed by atoms with Gasteiger partial charge in [0.25, 0.3) is 11.8 Å². The third-order valence-corrected chi connectivity index (χ3v) is 6.58. The van der Waals surface area contributed by atoms with Gasteiger partial charge < -0.3 is 4.90 Å². The molecule has 3 heterocycles. The highest BCUT2D eigenvalue weighted by molar-refractivity contribution is 7.11. The van der Waals surface area contributed by atoms with Gasteiger partial charge in [0.2, 0.25) is 0 Å². The van der Waals surface area contributed by atoms with Crippen LogP contribution in [-0.2, 0) is 9.59 Å². The number of rotatable bonds is 3. The molecule has 1 unspecified atom stereocenters. The third-order valence-electron chi connectivity index (χ3n) is 5.28. The molecular weight excluding hydrogens is 380 g/mol. The maximum absolute atomic E-state index is 13.5. The minimum atomic E-state index is -0.263. The molecule has 140 valence electrons. The molecule has 0 N–H and O–H groups in total. The minimum absolute atomic E-state index is 0.247. The van der Waals surface area contributed by atoms with Gasteiger partial charge in [-0.3, -0.25) is 9.59 Å². The highest BCUT2D eigenvalue weighted by Gasteiger charge is 2.44. The number of nitrogens with zero attached hydrogens (tertiary/aromatic N) is 2. The van der Waals surface area contributed by atoms with Crippen molar-refractivity contribution in [3.63, 3.8) is 0 Å². The van der Waals surface area contributed by atoms with Crippen LogP contribution in [-0.4, -0.2) is 29.8 Å². The molecule has 2 aliphatic heterocycles. The Kier molecular flexibility index (Phi) is 4.82. The molecule has 1 saturated heterocycles. The van der Waals surface area contributed by atoms with E-state index in [2.05, 4.69) is 11.8 Å². The van der Waals surface area contributed by atoms with Gasteiger partial charge in [-0.1, -0.05) is 30.7 Å². The van der Waals surface area contributed by atoms with Crippen LogP contribution in [0.1, 0.15) is 30.2 Å².